The minimum Gasteiger partial charge on any atom is -0.454 e. The van der Waals surface area contributed by atoms with Crippen LogP contribution in [0.3, 0.4) is 0 Å². The topological polar surface area (TPSA) is 73.6 Å². The molecule has 1 amide bonds. The van der Waals surface area contributed by atoms with Crippen LogP contribution in [0.15, 0.2) is 53.1 Å². The minimum absolute atomic E-state index is 0.0200. The highest BCUT2D eigenvalue weighted by molar-refractivity contribution is 6.00. The van der Waals surface area contributed by atoms with E-state index in [0.717, 1.165) is 18.4 Å². The quantitative estimate of drug-likeness (QED) is 0.698. The number of aryl methyl sites for hydroxylation is 2. The molecule has 0 aliphatic carbocycles. The lowest BCUT2D eigenvalue weighted by molar-refractivity contribution is 0.0938. The number of hydrogen-bond donors (Lipinski definition) is 1. The lowest BCUT2D eigenvalue weighted by Crippen LogP contribution is -2.33. The number of fused-ring (bicyclic) bond motifs is 1. The molecule has 28 heavy (non-hydrogen) atoms. The summed E-state index contributed by atoms with van der Waals surface area (Å²) in [7, 11) is 0. The highest BCUT2D eigenvalue weighted by atomic mass is 16.7. The molecule has 1 aliphatic heterocycles. The summed E-state index contributed by atoms with van der Waals surface area (Å²) in [6, 6.07) is 15.7. The number of aromatic nitrogens is 1. The Morgan fingerprint density at radius 1 is 1.14 bits per heavy atom. The van der Waals surface area contributed by atoms with Crippen LogP contribution < -0.4 is 14.8 Å². The molecule has 0 bridgehead atoms. The summed E-state index contributed by atoms with van der Waals surface area (Å²) < 4.78 is 16.2. The highest BCUT2D eigenvalue weighted by Crippen LogP contribution is 2.37. The van der Waals surface area contributed by atoms with E-state index in [0.29, 0.717) is 28.5 Å². The van der Waals surface area contributed by atoms with Gasteiger partial charge in [-0.2, -0.15) is 0 Å². The van der Waals surface area contributed by atoms with Crippen LogP contribution in [-0.2, 0) is 6.42 Å². The van der Waals surface area contributed by atoms with Gasteiger partial charge in [0.25, 0.3) is 5.91 Å². The van der Waals surface area contributed by atoms with Crippen LogP contribution >= 0.6 is 0 Å². The van der Waals surface area contributed by atoms with Crippen molar-refractivity contribution in [3.8, 4) is 22.8 Å². The lowest BCUT2D eigenvalue weighted by atomic mass is 10.0. The highest BCUT2D eigenvalue weighted by Gasteiger charge is 2.24. The number of carbonyl (C=O) groups excluding carboxylic acids is 1. The SMILES string of the molecule is Cc1noc(-c2ccc3c(c2)OCO3)c1C(=O)NC(C)CCc1ccccc1. The van der Waals surface area contributed by atoms with Gasteiger partial charge in [-0.15, -0.1) is 0 Å². The predicted molar refractivity (Wildman–Crippen MR) is 104 cm³/mol. The maximum Gasteiger partial charge on any atom is 0.257 e. The second kappa shape index (κ2) is 7.76. The fourth-order valence-electron chi connectivity index (χ4n) is 3.27. The Bertz CT molecular complexity index is 981. The molecule has 0 fully saturated rings. The molecular weight excluding hydrogens is 356 g/mol. The average molecular weight is 378 g/mol. The first-order valence-corrected chi connectivity index (χ1v) is 9.33. The van der Waals surface area contributed by atoms with Crippen molar-refractivity contribution in [2.45, 2.75) is 32.7 Å². The molecule has 3 aromatic rings. The summed E-state index contributed by atoms with van der Waals surface area (Å²) in [6.45, 7) is 3.97. The molecular formula is C22H22N2O4. The van der Waals surface area contributed by atoms with Crippen LogP contribution in [0.4, 0.5) is 0 Å². The Labute approximate surface area is 163 Å². The Morgan fingerprint density at radius 3 is 2.75 bits per heavy atom. The minimum atomic E-state index is -0.188. The second-order valence-electron chi connectivity index (χ2n) is 6.94. The number of ether oxygens (including phenoxy) is 2. The maximum absolute atomic E-state index is 12.9. The first-order chi connectivity index (χ1) is 13.6. The summed E-state index contributed by atoms with van der Waals surface area (Å²) in [5.41, 5.74) is 2.99. The fourth-order valence-corrected chi connectivity index (χ4v) is 3.27. The van der Waals surface area contributed by atoms with Crippen molar-refractivity contribution >= 4 is 5.91 Å². The molecule has 0 spiro atoms. The summed E-state index contributed by atoms with van der Waals surface area (Å²) in [5.74, 6) is 1.56. The number of hydrogen-bond acceptors (Lipinski definition) is 5. The maximum atomic E-state index is 12.9. The molecule has 0 saturated carbocycles. The van der Waals surface area contributed by atoms with E-state index < -0.39 is 0 Å². The Balaban J connectivity index is 1.48. The van der Waals surface area contributed by atoms with Crippen molar-refractivity contribution in [1.29, 1.82) is 0 Å². The van der Waals surface area contributed by atoms with Crippen molar-refractivity contribution in [3.63, 3.8) is 0 Å². The van der Waals surface area contributed by atoms with Gasteiger partial charge in [-0.25, -0.2) is 0 Å². The average Bonchev–Trinajstić information content (AvgIpc) is 3.32. The van der Waals surface area contributed by atoms with Gasteiger partial charge in [0, 0.05) is 11.6 Å². The van der Waals surface area contributed by atoms with Crippen LogP contribution in [0, 0.1) is 6.92 Å². The van der Waals surface area contributed by atoms with Gasteiger partial charge in [0.1, 0.15) is 5.56 Å². The molecule has 0 radical (unpaired) electrons. The molecule has 1 unspecified atom stereocenters. The standard InChI is InChI=1S/C22H22N2O4/c1-14(8-9-16-6-4-3-5-7-16)23-22(25)20-15(2)24-28-21(20)17-10-11-18-19(12-17)27-13-26-18/h3-7,10-12,14H,8-9,13H2,1-2H3,(H,23,25). The van der Waals surface area contributed by atoms with Crippen molar-refractivity contribution in [2.24, 2.45) is 0 Å². The van der Waals surface area contributed by atoms with Crippen LogP contribution in [0.5, 0.6) is 11.5 Å². The van der Waals surface area contributed by atoms with Crippen LogP contribution in [0.1, 0.15) is 35.0 Å². The zero-order valence-corrected chi connectivity index (χ0v) is 15.9. The van der Waals surface area contributed by atoms with Crippen molar-refractivity contribution < 1.29 is 18.8 Å². The van der Waals surface area contributed by atoms with Gasteiger partial charge < -0.3 is 19.3 Å². The number of benzene rings is 2. The normalized spacial score (nSPS) is 13.4. The van der Waals surface area contributed by atoms with Gasteiger partial charge in [-0.3, -0.25) is 4.79 Å². The Kier molecular flexibility index (Phi) is 5.02. The smallest absolute Gasteiger partial charge is 0.257 e. The van der Waals surface area contributed by atoms with Gasteiger partial charge in [0.2, 0.25) is 6.79 Å². The summed E-state index contributed by atoms with van der Waals surface area (Å²) in [5, 5.41) is 7.06. The van der Waals surface area contributed by atoms with E-state index in [1.54, 1.807) is 19.1 Å². The Hall–Kier alpha value is -3.28. The molecule has 4 rings (SSSR count). The van der Waals surface area contributed by atoms with Gasteiger partial charge in [-0.1, -0.05) is 35.5 Å². The molecule has 1 N–H and O–H groups in total. The second-order valence-corrected chi connectivity index (χ2v) is 6.94. The van der Waals surface area contributed by atoms with Gasteiger partial charge in [-0.05, 0) is 50.5 Å². The zero-order chi connectivity index (χ0) is 19.5. The fraction of sp³-hybridized carbons (Fsp3) is 0.273. The van der Waals surface area contributed by atoms with Crippen LogP contribution in [0.25, 0.3) is 11.3 Å². The van der Waals surface area contributed by atoms with Crippen molar-refractivity contribution in [1.82, 2.24) is 10.5 Å². The van der Waals surface area contributed by atoms with E-state index >= 15 is 0 Å². The van der Waals surface area contributed by atoms with Crippen LogP contribution in [0.2, 0.25) is 0 Å². The first-order valence-electron chi connectivity index (χ1n) is 9.33. The van der Waals surface area contributed by atoms with Gasteiger partial charge >= 0.3 is 0 Å². The summed E-state index contributed by atoms with van der Waals surface area (Å²) in [4.78, 5) is 12.9. The Morgan fingerprint density at radius 2 is 1.93 bits per heavy atom. The zero-order valence-electron chi connectivity index (χ0n) is 15.9. The molecule has 1 aliphatic rings. The molecule has 2 aromatic carbocycles. The molecule has 2 heterocycles. The molecule has 144 valence electrons. The molecule has 6 heteroatoms. The third-order valence-corrected chi connectivity index (χ3v) is 4.81. The van der Waals surface area contributed by atoms with Crippen LogP contribution in [-0.4, -0.2) is 23.9 Å². The summed E-state index contributed by atoms with van der Waals surface area (Å²) in [6.07, 6.45) is 1.75. The molecule has 0 saturated heterocycles. The summed E-state index contributed by atoms with van der Waals surface area (Å²) >= 11 is 0. The van der Waals surface area contributed by atoms with E-state index in [-0.39, 0.29) is 18.7 Å². The molecule has 1 atom stereocenters. The largest absolute Gasteiger partial charge is 0.454 e. The lowest BCUT2D eigenvalue weighted by Gasteiger charge is -2.14. The van der Waals surface area contributed by atoms with Gasteiger partial charge in [0.05, 0.1) is 5.69 Å². The molecule has 1 aromatic heterocycles. The van der Waals surface area contributed by atoms with E-state index in [1.807, 2.05) is 31.2 Å². The first kappa shape index (κ1) is 18.1. The van der Waals surface area contributed by atoms with Crippen molar-refractivity contribution in [3.05, 3.63) is 65.4 Å². The number of rotatable bonds is 6. The van der Waals surface area contributed by atoms with E-state index in [9.17, 15) is 4.79 Å². The predicted octanol–water partition coefficient (Wildman–Crippen LogP) is 4.13. The van der Waals surface area contributed by atoms with E-state index in [2.05, 4.69) is 22.6 Å². The van der Waals surface area contributed by atoms with Gasteiger partial charge in [0.15, 0.2) is 17.3 Å². The number of nitrogens with one attached hydrogen (secondary N) is 1. The number of amides is 1. The van der Waals surface area contributed by atoms with E-state index in [4.69, 9.17) is 14.0 Å². The number of carbonyl (C=O) groups is 1. The monoisotopic (exact) mass is 378 g/mol. The molecule has 6 nitrogen and oxygen atoms in total. The van der Waals surface area contributed by atoms with E-state index in [1.165, 1.54) is 5.56 Å². The third-order valence-electron chi connectivity index (χ3n) is 4.81. The van der Waals surface area contributed by atoms with Crippen molar-refractivity contribution in [2.75, 3.05) is 6.79 Å². The third kappa shape index (κ3) is 3.71. The number of nitrogens with zero attached hydrogens (tertiary/aromatic N) is 1.